The van der Waals surface area contributed by atoms with Crippen LogP contribution in [0.1, 0.15) is 65.8 Å². The Balaban J connectivity index is 1.59. The Bertz CT molecular complexity index is 1020. The number of hydrogen-bond acceptors (Lipinski definition) is 4. The number of fused-ring (bicyclic) bond motifs is 1. The molecule has 6 nitrogen and oxygen atoms in total. The molecule has 0 bridgehead atoms. The summed E-state index contributed by atoms with van der Waals surface area (Å²) in [5.74, 6) is 0.293. The third-order valence-corrected chi connectivity index (χ3v) is 8.44. The van der Waals surface area contributed by atoms with Crippen molar-refractivity contribution in [3.8, 4) is 0 Å². The van der Waals surface area contributed by atoms with E-state index in [4.69, 9.17) is 0 Å². The molecule has 1 aliphatic heterocycles. The fourth-order valence-electron chi connectivity index (χ4n) is 4.77. The molecule has 0 radical (unpaired) electrons. The highest BCUT2D eigenvalue weighted by Crippen LogP contribution is 2.30. The maximum atomic E-state index is 13.4. The molecule has 0 saturated heterocycles. The van der Waals surface area contributed by atoms with Gasteiger partial charge in [-0.2, -0.15) is 9.40 Å². The zero-order chi connectivity index (χ0) is 20.6. The van der Waals surface area contributed by atoms with Crippen molar-refractivity contribution in [2.75, 3.05) is 6.54 Å². The van der Waals surface area contributed by atoms with Crippen molar-refractivity contribution in [2.24, 2.45) is 5.92 Å². The second-order valence-corrected chi connectivity index (χ2v) is 10.2. The maximum absolute atomic E-state index is 13.4. The fraction of sp³-hybridized carbons (Fsp3) is 0.545. The SMILES string of the molecule is Cc1nn(C(=O)CC2CCCCC2)c(C)c1S(=O)(=O)N1CCc2ccccc2C1. The van der Waals surface area contributed by atoms with Gasteiger partial charge in [0, 0.05) is 19.5 Å². The number of sulfonamides is 1. The van der Waals surface area contributed by atoms with Crippen molar-refractivity contribution in [3.63, 3.8) is 0 Å². The van der Waals surface area contributed by atoms with Crippen LogP contribution >= 0.6 is 0 Å². The lowest BCUT2D eigenvalue weighted by molar-refractivity contribution is 0.0848. The highest BCUT2D eigenvalue weighted by atomic mass is 32.2. The average molecular weight is 416 g/mol. The zero-order valence-electron chi connectivity index (χ0n) is 17.2. The summed E-state index contributed by atoms with van der Waals surface area (Å²) in [6.45, 7) is 4.18. The van der Waals surface area contributed by atoms with E-state index in [-0.39, 0.29) is 10.8 Å². The zero-order valence-corrected chi connectivity index (χ0v) is 18.0. The summed E-state index contributed by atoms with van der Waals surface area (Å²) >= 11 is 0. The Labute approximate surface area is 173 Å². The van der Waals surface area contributed by atoms with Crippen molar-refractivity contribution in [1.82, 2.24) is 14.1 Å². The molecule has 2 aliphatic rings. The van der Waals surface area contributed by atoms with Gasteiger partial charge in [-0.1, -0.05) is 43.5 Å². The Morgan fingerprint density at radius 2 is 1.79 bits per heavy atom. The van der Waals surface area contributed by atoms with Crippen molar-refractivity contribution in [2.45, 2.75) is 70.2 Å². The van der Waals surface area contributed by atoms with Gasteiger partial charge in [0.1, 0.15) is 4.90 Å². The molecule has 29 heavy (non-hydrogen) atoms. The van der Waals surface area contributed by atoms with Crippen molar-refractivity contribution in [3.05, 3.63) is 46.8 Å². The summed E-state index contributed by atoms with van der Waals surface area (Å²) in [6.07, 6.45) is 6.87. The molecule has 1 saturated carbocycles. The molecule has 7 heteroatoms. The molecular formula is C22H29N3O3S. The van der Waals surface area contributed by atoms with Crippen LogP contribution < -0.4 is 0 Å². The maximum Gasteiger partial charge on any atom is 0.247 e. The molecule has 0 atom stereocenters. The molecule has 156 valence electrons. The number of aromatic nitrogens is 2. The first-order chi connectivity index (χ1) is 13.9. The van der Waals surface area contributed by atoms with E-state index < -0.39 is 10.0 Å². The van der Waals surface area contributed by atoms with E-state index in [1.807, 2.05) is 18.2 Å². The van der Waals surface area contributed by atoms with Gasteiger partial charge in [-0.25, -0.2) is 13.1 Å². The topological polar surface area (TPSA) is 72.3 Å². The quantitative estimate of drug-likeness (QED) is 0.760. The molecule has 0 amide bonds. The highest BCUT2D eigenvalue weighted by molar-refractivity contribution is 7.89. The minimum Gasteiger partial charge on any atom is -0.273 e. The first kappa shape index (κ1) is 20.3. The molecule has 1 aliphatic carbocycles. The van der Waals surface area contributed by atoms with E-state index in [0.717, 1.165) is 18.4 Å². The predicted molar refractivity (Wildman–Crippen MR) is 111 cm³/mol. The molecule has 1 aromatic carbocycles. The van der Waals surface area contributed by atoms with Crippen LogP contribution in [0, 0.1) is 19.8 Å². The van der Waals surface area contributed by atoms with Gasteiger partial charge in [-0.3, -0.25) is 4.79 Å². The lowest BCUT2D eigenvalue weighted by Gasteiger charge is -2.28. The van der Waals surface area contributed by atoms with Gasteiger partial charge in [-0.05, 0) is 50.2 Å². The van der Waals surface area contributed by atoms with Gasteiger partial charge in [-0.15, -0.1) is 0 Å². The van der Waals surface area contributed by atoms with Gasteiger partial charge >= 0.3 is 0 Å². The Morgan fingerprint density at radius 1 is 1.10 bits per heavy atom. The molecule has 4 rings (SSSR count). The van der Waals surface area contributed by atoms with Crippen molar-refractivity contribution in [1.29, 1.82) is 0 Å². The molecule has 2 heterocycles. The smallest absolute Gasteiger partial charge is 0.247 e. The summed E-state index contributed by atoms with van der Waals surface area (Å²) in [5, 5.41) is 4.34. The summed E-state index contributed by atoms with van der Waals surface area (Å²) in [4.78, 5) is 13.0. The van der Waals surface area contributed by atoms with E-state index in [9.17, 15) is 13.2 Å². The first-order valence-corrected chi connectivity index (χ1v) is 12.0. The predicted octanol–water partition coefficient (Wildman–Crippen LogP) is 3.86. The van der Waals surface area contributed by atoms with Gasteiger partial charge in [0.05, 0.1) is 11.4 Å². The minimum absolute atomic E-state index is 0.0945. The van der Waals surface area contributed by atoms with Crippen LogP contribution in [0.2, 0.25) is 0 Å². The first-order valence-electron chi connectivity index (χ1n) is 10.5. The molecule has 0 unspecified atom stereocenters. The van der Waals surface area contributed by atoms with E-state index in [1.54, 1.807) is 13.8 Å². The van der Waals surface area contributed by atoms with Crippen molar-refractivity contribution < 1.29 is 13.2 Å². The van der Waals surface area contributed by atoms with Crippen LogP contribution in [-0.2, 0) is 23.0 Å². The van der Waals surface area contributed by atoms with Crippen LogP contribution in [0.15, 0.2) is 29.2 Å². The number of rotatable bonds is 4. The van der Waals surface area contributed by atoms with Gasteiger partial charge in [0.15, 0.2) is 0 Å². The normalized spacial score (nSPS) is 18.6. The van der Waals surface area contributed by atoms with E-state index in [1.165, 1.54) is 33.8 Å². The average Bonchev–Trinajstić information content (AvgIpc) is 3.03. The van der Waals surface area contributed by atoms with E-state index in [2.05, 4.69) is 11.2 Å². The molecular weight excluding hydrogens is 386 g/mol. The van der Waals surface area contributed by atoms with E-state index in [0.29, 0.717) is 43.2 Å². The molecule has 2 aromatic rings. The third kappa shape index (κ3) is 3.90. The second-order valence-electron chi connectivity index (χ2n) is 8.37. The third-order valence-electron chi connectivity index (χ3n) is 6.34. The lowest BCUT2D eigenvalue weighted by atomic mass is 9.87. The minimum atomic E-state index is -3.71. The van der Waals surface area contributed by atoms with Crippen LogP contribution in [0.4, 0.5) is 0 Å². The standard InChI is InChI=1S/C22H29N3O3S/c1-16-22(17(2)25(23-16)21(26)14-18-8-4-3-5-9-18)29(27,28)24-13-12-19-10-6-7-11-20(19)15-24/h6-7,10-11,18H,3-5,8-9,12-15H2,1-2H3. The largest absolute Gasteiger partial charge is 0.273 e. The molecule has 1 aromatic heterocycles. The van der Waals surface area contributed by atoms with Gasteiger partial charge in [0.25, 0.3) is 0 Å². The number of benzene rings is 1. The summed E-state index contributed by atoms with van der Waals surface area (Å²) < 4.78 is 29.7. The van der Waals surface area contributed by atoms with Crippen LogP contribution in [-0.4, -0.2) is 35.0 Å². The molecule has 0 N–H and O–H groups in total. The second kappa shape index (κ2) is 8.03. The summed E-state index contributed by atoms with van der Waals surface area (Å²) in [6, 6.07) is 7.96. The summed E-state index contributed by atoms with van der Waals surface area (Å²) in [7, 11) is -3.71. The monoisotopic (exact) mass is 415 g/mol. The Morgan fingerprint density at radius 3 is 2.52 bits per heavy atom. The highest BCUT2D eigenvalue weighted by Gasteiger charge is 2.34. The number of nitrogens with zero attached hydrogens (tertiary/aromatic N) is 3. The summed E-state index contributed by atoms with van der Waals surface area (Å²) in [5.41, 5.74) is 3.07. The number of carbonyl (C=O) groups is 1. The number of aryl methyl sites for hydroxylation is 1. The van der Waals surface area contributed by atoms with Crippen LogP contribution in [0.3, 0.4) is 0 Å². The van der Waals surface area contributed by atoms with Gasteiger partial charge in [0.2, 0.25) is 15.9 Å². The van der Waals surface area contributed by atoms with Crippen molar-refractivity contribution >= 4 is 15.9 Å². The van der Waals surface area contributed by atoms with Crippen LogP contribution in [0.25, 0.3) is 0 Å². The number of carbonyl (C=O) groups excluding carboxylic acids is 1. The van der Waals surface area contributed by atoms with Crippen LogP contribution in [0.5, 0.6) is 0 Å². The fourth-order valence-corrected chi connectivity index (χ4v) is 6.55. The van der Waals surface area contributed by atoms with E-state index >= 15 is 0 Å². The Kier molecular flexibility index (Phi) is 5.62. The molecule has 0 spiro atoms. The molecule has 1 fully saturated rings. The lowest BCUT2D eigenvalue weighted by Crippen LogP contribution is -2.36. The van der Waals surface area contributed by atoms with Gasteiger partial charge < -0.3 is 0 Å². The number of hydrogen-bond donors (Lipinski definition) is 0. The Hall–Kier alpha value is -1.99.